The van der Waals surface area contributed by atoms with Crippen LogP contribution in [0.1, 0.15) is 30.9 Å². The summed E-state index contributed by atoms with van der Waals surface area (Å²) in [5, 5.41) is 12.4. The van der Waals surface area contributed by atoms with E-state index in [1.165, 1.54) is 19.1 Å². The molecule has 2 saturated heterocycles. The van der Waals surface area contributed by atoms with Crippen LogP contribution in [0.4, 0.5) is 4.79 Å². The molecule has 2 aromatic carbocycles. The van der Waals surface area contributed by atoms with Gasteiger partial charge < -0.3 is 24.8 Å². The molecule has 2 atom stereocenters. The molecule has 2 fully saturated rings. The van der Waals surface area contributed by atoms with Crippen molar-refractivity contribution in [2.75, 3.05) is 32.8 Å². The molecule has 0 saturated carbocycles. The lowest BCUT2D eigenvalue weighted by molar-refractivity contribution is -0.143. The van der Waals surface area contributed by atoms with Crippen molar-refractivity contribution >= 4 is 28.0 Å². The van der Waals surface area contributed by atoms with Gasteiger partial charge in [-0.1, -0.05) is 29.8 Å². The van der Waals surface area contributed by atoms with E-state index < -0.39 is 39.6 Å². The second-order valence-electron chi connectivity index (χ2n) is 9.95. The summed E-state index contributed by atoms with van der Waals surface area (Å²) in [7, 11) is -3.97. The SMILES string of the molecule is Cc1ccc(S(=O)(=O)N2CCC[C@@]2(C)C(=O)N[C@@H](Cc2ccc(OC(=O)N3CCOCC3)cc2)C(=O)O)cc1. The normalized spacial score (nSPS) is 20.8. The van der Waals surface area contributed by atoms with Crippen molar-refractivity contribution in [1.82, 2.24) is 14.5 Å². The number of hydrogen-bond donors (Lipinski definition) is 2. The fourth-order valence-electron chi connectivity index (χ4n) is 4.74. The Hall–Kier alpha value is -3.48. The number of benzene rings is 2. The number of nitrogens with zero attached hydrogens (tertiary/aromatic N) is 2. The van der Waals surface area contributed by atoms with Crippen LogP contribution in [0.2, 0.25) is 0 Å². The molecule has 2 aromatic rings. The van der Waals surface area contributed by atoms with Crippen molar-refractivity contribution in [3.05, 3.63) is 59.7 Å². The van der Waals surface area contributed by atoms with Gasteiger partial charge in [0.1, 0.15) is 17.3 Å². The molecule has 2 amide bonds. The molecule has 2 aliphatic heterocycles. The molecule has 0 aliphatic carbocycles. The van der Waals surface area contributed by atoms with Crippen LogP contribution in [0.3, 0.4) is 0 Å². The first-order chi connectivity index (χ1) is 18.5. The lowest BCUT2D eigenvalue weighted by atomic mass is 9.97. The molecule has 0 bridgehead atoms. The van der Waals surface area contributed by atoms with Crippen molar-refractivity contribution in [2.24, 2.45) is 0 Å². The number of carboxylic acid groups (broad SMARTS) is 1. The summed E-state index contributed by atoms with van der Waals surface area (Å²) in [6.07, 6.45) is 0.202. The van der Waals surface area contributed by atoms with E-state index >= 15 is 0 Å². The van der Waals surface area contributed by atoms with Gasteiger partial charge in [-0.15, -0.1) is 0 Å². The Morgan fingerprint density at radius 2 is 1.69 bits per heavy atom. The van der Waals surface area contributed by atoms with Gasteiger partial charge in [0, 0.05) is 26.1 Å². The quantitative estimate of drug-likeness (QED) is 0.501. The molecular formula is C27H33N3O8S. The third-order valence-corrected chi connectivity index (χ3v) is 9.15. The summed E-state index contributed by atoms with van der Waals surface area (Å²) >= 11 is 0. The van der Waals surface area contributed by atoms with E-state index in [0.29, 0.717) is 44.0 Å². The maximum absolute atomic E-state index is 13.4. The van der Waals surface area contributed by atoms with E-state index in [9.17, 15) is 27.9 Å². The molecule has 2 N–H and O–H groups in total. The predicted octanol–water partition coefficient (Wildman–Crippen LogP) is 2.18. The first kappa shape index (κ1) is 28.5. The Kier molecular flexibility index (Phi) is 8.57. The zero-order chi connectivity index (χ0) is 28.2. The first-order valence-corrected chi connectivity index (χ1v) is 14.2. The number of carbonyl (C=O) groups is 3. The van der Waals surface area contributed by atoms with E-state index in [4.69, 9.17) is 9.47 Å². The molecule has 4 rings (SSSR count). The van der Waals surface area contributed by atoms with E-state index in [-0.39, 0.29) is 24.3 Å². The van der Waals surface area contributed by atoms with Crippen LogP contribution in [-0.4, -0.2) is 85.1 Å². The highest BCUT2D eigenvalue weighted by molar-refractivity contribution is 7.89. The van der Waals surface area contributed by atoms with Gasteiger partial charge in [-0.05, 0) is 56.5 Å². The number of aliphatic carboxylic acids is 1. The summed E-state index contributed by atoms with van der Waals surface area (Å²) in [4.78, 5) is 39.3. The number of hydrogen-bond acceptors (Lipinski definition) is 7. The van der Waals surface area contributed by atoms with Gasteiger partial charge in [-0.2, -0.15) is 4.31 Å². The number of amides is 2. The number of sulfonamides is 1. The highest BCUT2D eigenvalue weighted by atomic mass is 32.2. The number of aryl methyl sites for hydroxylation is 1. The van der Waals surface area contributed by atoms with Crippen molar-refractivity contribution in [1.29, 1.82) is 0 Å². The number of ether oxygens (including phenoxy) is 2. The molecule has 210 valence electrons. The van der Waals surface area contributed by atoms with Crippen molar-refractivity contribution in [3.63, 3.8) is 0 Å². The van der Waals surface area contributed by atoms with Crippen LogP contribution >= 0.6 is 0 Å². The van der Waals surface area contributed by atoms with Crippen molar-refractivity contribution < 1.29 is 37.4 Å². The largest absolute Gasteiger partial charge is 0.480 e. The highest BCUT2D eigenvalue weighted by Crippen LogP contribution is 2.35. The van der Waals surface area contributed by atoms with Crippen molar-refractivity contribution in [3.8, 4) is 5.75 Å². The van der Waals surface area contributed by atoms with Crippen LogP contribution in [0.15, 0.2) is 53.4 Å². The van der Waals surface area contributed by atoms with Crippen LogP contribution in [0, 0.1) is 6.92 Å². The minimum Gasteiger partial charge on any atom is -0.480 e. The molecule has 2 aliphatic rings. The molecule has 0 radical (unpaired) electrons. The summed E-state index contributed by atoms with van der Waals surface area (Å²) in [6.45, 7) is 5.32. The second kappa shape index (κ2) is 11.7. The zero-order valence-electron chi connectivity index (χ0n) is 22.0. The smallest absolute Gasteiger partial charge is 0.415 e. The Morgan fingerprint density at radius 1 is 1.05 bits per heavy atom. The van der Waals surface area contributed by atoms with Crippen LogP contribution in [-0.2, 0) is 30.8 Å². The van der Waals surface area contributed by atoms with Gasteiger partial charge in [-0.25, -0.2) is 18.0 Å². The van der Waals surface area contributed by atoms with Gasteiger partial charge in [-0.3, -0.25) is 4.79 Å². The van der Waals surface area contributed by atoms with E-state index in [2.05, 4.69) is 5.32 Å². The lowest BCUT2D eigenvalue weighted by Gasteiger charge is -2.34. The van der Waals surface area contributed by atoms with E-state index in [1.54, 1.807) is 41.3 Å². The Bertz CT molecular complexity index is 1310. The monoisotopic (exact) mass is 559 g/mol. The Labute approximate surface area is 227 Å². The average molecular weight is 560 g/mol. The highest BCUT2D eigenvalue weighted by Gasteiger charge is 2.50. The first-order valence-electron chi connectivity index (χ1n) is 12.8. The van der Waals surface area contributed by atoms with E-state index in [1.807, 2.05) is 6.92 Å². The maximum Gasteiger partial charge on any atom is 0.415 e. The van der Waals surface area contributed by atoms with Gasteiger partial charge in [0.15, 0.2) is 0 Å². The lowest BCUT2D eigenvalue weighted by Crippen LogP contribution is -2.58. The molecule has 0 unspecified atom stereocenters. The fraction of sp³-hybridized carbons (Fsp3) is 0.444. The standard InChI is InChI=1S/C27H33N3O8S/c1-19-4-10-22(11-5-19)39(35,36)30-13-3-12-27(30,2)25(33)28-23(24(31)32)18-20-6-8-21(9-7-20)38-26(34)29-14-16-37-17-15-29/h4-11,23H,3,12-18H2,1-2H3,(H,28,33)(H,31,32)/t23-,27-/m0/s1. The molecule has 39 heavy (non-hydrogen) atoms. The summed E-state index contributed by atoms with van der Waals surface area (Å²) in [6, 6.07) is 11.5. The molecule has 2 heterocycles. The van der Waals surface area contributed by atoms with Crippen LogP contribution in [0.5, 0.6) is 5.75 Å². The topological polar surface area (TPSA) is 143 Å². The molecular weight excluding hydrogens is 526 g/mol. The summed E-state index contributed by atoms with van der Waals surface area (Å²) in [5.74, 6) is -1.61. The summed E-state index contributed by atoms with van der Waals surface area (Å²) < 4.78 is 38.5. The third-order valence-electron chi connectivity index (χ3n) is 7.11. The minimum absolute atomic E-state index is 0.0421. The van der Waals surface area contributed by atoms with Gasteiger partial charge in [0.25, 0.3) is 0 Å². The predicted molar refractivity (Wildman–Crippen MR) is 141 cm³/mol. The number of morpholine rings is 1. The molecule has 0 aromatic heterocycles. The third kappa shape index (κ3) is 6.40. The molecule has 11 nitrogen and oxygen atoms in total. The van der Waals surface area contributed by atoms with Crippen LogP contribution in [0.25, 0.3) is 0 Å². The number of carboxylic acids is 1. The molecule has 0 spiro atoms. The number of rotatable bonds is 8. The minimum atomic E-state index is -3.97. The van der Waals surface area contributed by atoms with Gasteiger partial charge >= 0.3 is 12.1 Å². The van der Waals surface area contributed by atoms with Gasteiger partial charge in [0.05, 0.1) is 18.1 Å². The Morgan fingerprint density at radius 3 is 2.31 bits per heavy atom. The molecule has 12 heteroatoms. The average Bonchev–Trinajstić information content (AvgIpc) is 3.33. The van der Waals surface area contributed by atoms with Gasteiger partial charge in [0.2, 0.25) is 15.9 Å². The fourth-order valence-corrected chi connectivity index (χ4v) is 6.55. The number of carbonyl (C=O) groups excluding carboxylic acids is 2. The summed E-state index contributed by atoms with van der Waals surface area (Å²) in [5.41, 5.74) is 0.0627. The number of nitrogens with one attached hydrogen (secondary N) is 1. The van der Waals surface area contributed by atoms with E-state index in [0.717, 1.165) is 9.87 Å². The maximum atomic E-state index is 13.4. The second-order valence-corrected chi connectivity index (χ2v) is 11.8. The zero-order valence-corrected chi connectivity index (χ0v) is 22.8. The Balaban J connectivity index is 1.43. The van der Waals surface area contributed by atoms with Crippen molar-refractivity contribution in [2.45, 2.75) is 49.6 Å². The van der Waals surface area contributed by atoms with Crippen LogP contribution < -0.4 is 10.1 Å².